The first-order chi connectivity index (χ1) is 8.17. The standard InChI is InChI=1S/C13H18N2O2/c1-9-8-10(17-3)4-5-12(9)15-7-6-11(14-2)13(15)16/h4-5,8,11,14H,6-7H2,1-3H3. The van der Waals surface area contributed by atoms with E-state index < -0.39 is 0 Å². The van der Waals surface area contributed by atoms with Crippen LogP contribution in [0.25, 0.3) is 0 Å². The van der Waals surface area contributed by atoms with Crippen LogP contribution in [0.5, 0.6) is 5.75 Å². The van der Waals surface area contributed by atoms with E-state index in [-0.39, 0.29) is 11.9 Å². The Morgan fingerprint density at radius 2 is 2.24 bits per heavy atom. The molecule has 0 radical (unpaired) electrons. The zero-order chi connectivity index (χ0) is 12.4. The molecular formula is C13H18N2O2. The third kappa shape index (κ3) is 2.13. The molecular weight excluding hydrogens is 216 g/mol. The van der Waals surface area contributed by atoms with Crippen molar-refractivity contribution in [3.8, 4) is 5.75 Å². The molecule has 1 aliphatic rings. The number of nitrogens with one attached hydrogen (secondary N) is 1. The van der Waals surface area contributed by atoms with E-state index in [0.717, 1.165) is 30.0 Å². The number of anilines is 1. The zero-order valence-corrected chi connectivity index (χ0v) is 10.5. The predicted molar refractivity (Wildman–Crippen MR) is 67.5 cm³/mol. The molecule has 4 heteroatoms. The Kier molecular flexibility index (Phi) is 3.33. The van der Waals surface area contributed by atoms with Crippen molar-refractivity contribution in [1.29, 1.82) is 0 Å². The fraction of sp³-hybridized carbons (Fsp3) is 0.462. The summed E-state index contributed by atoms with van der Waals surface area (Å²) in [6.45, 7) is 2.77. The molecule has 1 N–H and O–H groups in total. The second-order valence-electron chi connectivity index (χ2n) is 4.27. The van der Waals surface area contributed by atoms with Crippen LogP contribution in [-0.4, -0.2) is 32.7 Å². The van der Waals surface area contributed by atoms with Crippen LogP contribution in [0, 0.1) is 6.92 Å². The van der Waals surface area contributed by atoms with Crippen molar-refractivity contribution in [2.24, 2.45) is 0 Å². The quantitative estimate of drug-likeness (QED) is 0.858. The van der Waals surface area contributed by atoms with Gasteiger partial charge in [0.15, 0.2) is 0 Å². The van der Waals surface area contributed by atoms with Gasteiger partial charge in [-0.1, -0.05) is 0 Å². The molecule has 1 atom stereocenters. The monoisotopic (exact) mass is 234 g/mol. The lowest BCUT2D eigenvalue weighted by Gasteiger charge is -2.19. The number of carbonyl (C=O) groups is 1. The molecule has 0 saturated carbocycles. The van der Waals surface area contributed by atoms with E-state index in [0.29, 0.717) is 0 Å². The summed E-state index contributed by atoms with van der Waals surface area (Å²) < 4.78 is 5.17. The van der Waals surface area contributed by atoms with Crippen LogP contribution in [0.3, 0.4) is 0 Å². The summed E-state index contributed by atoms with van der Waals surface area (Å²) >= 11 is 0. The van der Waals surface area contributed by atoms with Gasteiger partial charge in [-0.3, -0.25) is 4.79 Å². The first kappa shape index (κ1) is 11.9. The predicted octanol–water partition coefficient (Wildman–Crippen LogP) is 1.33. The van der Waals surface area contributed by atoms with Crippen molar-refractivity contribution < 1.29 is 9.53 Å². The molecule has 92 valence electrons. The summed E-state index contributed by atoms with van der Waals surface area (Å²) in [4.78, 5) is 13.9. The lowest BCUT2D eigenvalue weighted by Crippen LogP contribution is -2.36. The van der Waals surface area contributed by atoms with Crippen molar-refractivity contribution in [3.05, 3.63) is 23.8 Å². The van der Waals surface area contributed by atoms with Gasteiger partial charge in [0.05, 0.1) is 13.2 Å². The van der Waals surface area contributed by atoms with Gasteiger partial charge in [-0.05, 0) is 44.2 Å². The number of hydrogen-bond donors (Lipinski definition) is 1. The molecule has 1 heterocycles. The number of amides is 1. The van der Waals surface area contributed by atoms with Crippen LogP contribution in [-0.2, 0) is 4.79 Å². The highest BCUT2D eigenvalue weighted by Gasteiger charge is 2.31. The first-order valence-electron chi connectivity index (χ1n) is 5.80. The summed E-state index contributed by atoms with van der Waals surface area (Å²) in [5, 5.41) is 3.04. The molecule has 1 aliphatic heterocycles. The van der Waals surface area contributed by atoms with Crippen LogP contribution in [0.4, 0.5) is 5.69 Å². The third-order valence-corrected chi connectivity index (χ3v) is 3.25. The number of methoxy groups -OCH3 is 1. The van der Waals surface area contributed by atoms with Crippen molar-refractivity contribution in [2.45, 2.75) is 19.4 Å². The van der Waals surface area contributed by atoms with E-state index in [2.05, 4.69) is 5.32 Å². The molecule has 2 rings (SSSR count). The van der Waals surface area contributed by atoms with Crippen LogP contribution in [0.2, 0.25) is 0 Å². The molecule has 0 bridgehead atoms. The minimum Gasteiger partial charge on any atom is -0.497 e. The van der Waals surface area contributed by atoms with Gasteiger partial charge >= 0.3 is 0 Å². The van der Waals surface area contributed by atoms with Crippen LogP contribution in [0.15, 0.2) is 18.2 Å². The molecule has 1 amide bonds. The van der Waals surface area contributed by atoms with Gasteiger partial charge in [-0.25, -0.2) is 0 Å². The van der Waals surface area contributed by atoms with Crippen LogP contribution >= 0.6 is 0 Å². The Labute approximate surface area is 102 Å². The lowest BCUT2D eigenvalue weighted by atomic mass is 10.1. The minimum absolute atomic E-state index is 0.0449. The Bertz CT molecular complexity index is 431. The fourth-order valence-electron chi connectivity index (χ4n) is 2.24. The van der Waals surface area contributed by atoms with Crippen LogP contribution in [0.1, 0.15) is 12.0 Å². The maximum atomic E-state index is 12.1. The maximum Gasteiger partial charge on any atom is 0.244 e. The summed E-state index contributed by atoms with van der Waals surface area (Å²) in [6, 6.07) is 5.75. The minimum atomic E-state index is -0.0449. The molecule has 1 aromatic rings. The third-order valence-electron chi connectivity index (χ3n) is 3.25. The van der Waals surface area contributed by atoms with E-state index in [1.165, 1.54) is 0 Å². The Balaban J connectivity index is 2.26. The number of likely N-dealkylation sites (N-methyl/N-ethyl adjacent to an activating group) is 1. The molecule has 4 nitrogen and oxygen atoms in total. The van der Waals surface area contributed by atoms with Gasteiger partial charge in [0, 0.05) is 12.2 Å². The molecule has 1 fully saturated rings. The number of carbonyl (C=O) groups excluding carboxylic acids is 1. The number of rotatable bonds is 3. The Morgan fingerprint density at radius 1 is 1.47 bits per heavy atom. The SMILES string of the molecule is CNC1CCN(c2ccc(OC)cc2C)C1=O. The number of ether oxygens (including phenoxy) is 1. The lowest BCUT2D eigenvalue weighted by molar-refractivity contribution is -0.118. The van der Waals surface area contributed by atoms with E-state index in [4.69, 9.17) is 4.74 Å². The molecule has 0 aliphatic carbocycles. The van der Waals surface area contributed by atoms with Gasteiger partial charge in [0.25, 0.3) is 0 Å². The first-order valence-corrected chi connectivity index (χ1v) is 5.80. The molecule has 1 unspecified atom stereocenters. The normalized spacial score (nSPS) is 19.8. The molecule has 0 aromatic heterocycles. The van der Waals surface area contributed by atoms with Gasteiger partial charge in [0.2, 0.25) is 5.91 Å². The zero-order valence-electron chi connectivity index (χ0n) is 10.5. The van der Waals surface area contributed by atoms with E-state index in [1.807, 2.05) is 37.1 Å². The fourth-order valence-corrected chi connectivity index (χ4v) is 2.24. The van der Waals surface area contributed by atoms with E-state index in [9.17, 15) is 4.79 Å². The highest BCUT2D eigenvalue weighted by Crippen LogP contribution is 2.28. The smallest absolute Gasteiger partial charge is 0.244 e. The van der Waals surface area contributed by atoms with Gasteiger partial charge in [-0.2, -0.15) is 0 Å². The van der Waals surface area contributed by atoms with Gasteiger partial charge in [-0.15, -0.1) is 0 Å². The summed E-state index contributed by atoms with van der Waals surface area (Å²) in [5.74, 6) is 0.976. The summed E-state index contributed by atoms with van der Waals surface area (Å²) in [6.07, 6.45) is 0.862. The largest absolute Gasteiger partial charge is 0.497 e. The topological polar surface area (TPSA) is 41.6 Å². The number of aryl methyl sites for hydroxylation is 1. The maximum absolute atomic E-state index is 12.1. The Hall–Kier alpha value is -1.55. The van der Waals surface area contributed by atoms with Gasteiger partial charge < -0.3 is 15.0 Å². The van der Waals surface area contributed by atoms with Crippen molar-refractivity contribution in [3.63, 3.8) is 0 Å². The highest BCUT2D eigenvalue weighted by molar-refractivity contribution is 6.00. The highest BCUT2D eigenvalue weighted by atomic mass is 16.5. The number of benzene rings is 1. The van der Waals surface area contributed by atoms with E-state index >= 15 is 0 Å². The van der Waals surface area contributed by atoms with Crippen molar-refractivity contribution >= 4 is 11.6 Å². The number of hydrogen-bond acceptors (Lipinski definition) is 3. The van der Waals surface area contributed by atoms with Crippen molar-refractivity contribution in [1.82, 2.24) is 5.32 Å². The molecule has 17 heavy (non-hydrogen) atoms. The average Bonchev–Trinajstić information content (AvgIpc) is 2.70. The summed E-state index contributed by atoms with van der Waals surface area (Å²) in [7, 11) is 3.47. The average molecular weight is 234 g/mol. The molecule has 1 saturated heterocycles. The van der Waals surface area contributed by atoms with Crippen molar-refractivity contribution in [2.75, 3.05) is 25.6 Å². The Morgan fingerprint density at radius 3 is 2.76 bits per heavy atom. The second kappa shape index (κ2) is 4.75. The molecule has 0 spiro atoms. The van der Waals surface area contributed by atoms with Gasteiger partial charge in [0.1, 0.15) is 5.75 Å². The number of nitrogens with zero attached hydrogens (tertiary/aromatic N) is 1. The second-order valence-corrected chi connectivity index (χ2v) is 4.27. The van der Waals surface area contributed by atoms with Crippen LogP contribution < -0.4 is 15.0 Å². The van der Waals surface area contributed by atoms with E-state index in [1.54, 1.807) is 7.11 Å². The summed E-state index contributed by atoms with van der Waals surface area (Å²) in [5.41, 5.74) is 2.04. The molecule has 1 aromatic carbocycles.